The maximum absolute atomic E-state index is 3.59. The number of nitrogens with one attached hydrogen (secondary N) is 1. The molecule has 1 aromatic carbocycles. The molecule has 112 valence electrons. The van der Waals surface area contributed by atoms with Gasteiger partial charge in [-0.2, -0.15) is 0 Å². The van der Waals surface area contributed by atoms with Crippen LogP contribution in [0.2, 0.25) is 0 Å². The van der Waals surface area contributed by atoms with Crippen molar-refractivity contribution in [3.63, 3.8) is 0 Å². The van der Waals surface area contributed by atoms with E-state index in [-0.39, 0.29) is 0 Å². The van der Waals surface area contributed by atoms with E-state index < -0.39 is 0 Å². The second kappa shape index (κ2) is 9.15. The first kappa shape index (κ1) is 15.5. The molecule has 0 radical (unpaired) electrons. The molecular weight excluding hydrogens is 244 g/mol. The molecule has 1 fully saturated rings. The molecule has 0 aromatic heterocycles. The van der Waals surface area contributed by atoms with Crippen molar-refractivity contribution in [3.05, 3.63) is 35.4 Å². The lowest BCUT2D eigenvalue weighted by atomic mass is 10.0. The van der Waals surface area contributed by atoms with E-state index in [2.05, 4.69) is 41.4 Å². The Morgan fingerprint density at radius 3 is 2.55 bits per heavy atom. The molecule has 0 saturated carbocycles. The fourth-order valence-electron chi connectivity index (χ4n) is 3.03. The summed E-state index contributed by atoms with van der Waals surface area (Å²) >= 11 is 0. The topological polar surface area (TPSA) is 15.3 Å². The lowest BCUT2D eigenvalue weighted by Gasteiger charge is -2.26. The monoisotopic (exact) mass is 274 g/mol. The molecule has 0 unspecified atom stereocenters. The normalized spacial score (nSPS) is 16.4. The quantitative estimate of drug-likeness (QED) is 0.731. The minimum atomic E-state index is 1.15. The first-order valence-electron chi connectivity index (χ1n) is 8.34. The Morgan fingerprint density at radius 1 is 1.00 bits per heavy atom. The molecule has 0 spiro atoms. The van der Waals surface area contributed by atoms with Crippen LogP contribution < -0.4 is 5.32 Å². The van der Waals surface area contributed by atoms with Crippen molar-refractivity contribution in [3.8, 4) is 0 Å². The predicted molar refractivity (Wildman–Crippen MR) is 87.3 cm³/mol. The van der Waals surface area contributed by atoms with E-state index >= 15 is 0 Å². The molecule has 0 amide bonds. The molecule has 1 aromatic rings. The summed E-state index contributed by atoms with van der Waals surface area (Å²) in [4.78, 5) is 2.62. The molecule has 2 rings (SSSR count). The van der Waals surface area contributed by atoms with Gasteiger partial charge >= 0.3 is 0 Å². The summed E-state index contributed by atoms with van der Waals surface area (Å²) in [6.45, 7) is 8.46. The fourth-order valence-corrected chi connectivity index (χ4v) is 3.03. The van der Waals surface area contributed by atoms with Crippen LogP contribution in [-0.2, 0) is 6.42 Å². The Kier molecular flexibility index (Phi) is 7.10. The Hall–Kier alpha value is -0.860. The van der Waals surface area contributed by atoms with Gasteiger partial charge in [0.1, 0.15) is 0 Å². The van der Waals surface area contributed by atoms with Crippen LogP contribution in [0.25, 0.3) is 0 Å². The summed E-state index contributed by atoms with van der Waals surface area (Å²) in [7, 11) is 0. The van der Waals surface area contributed by atoms with Crippen molar-refractivity contribution in [2.24, 2.45) is 0 Å². The lowest BCUT2D eigenvalue weighted by molar-refractivity contribution is 0.226. The fraction of sp³-hybridized carbons (Fsp3) is 0.667. The molecular formula is C18H30N2. The molecule has 0 aliphatic carbocycles. The van der Waals surface area contributed by atoms with Crippen LogP contribution in [-0.4, -0.2) is 37.6 Å². The number of benzene rings is 1. The Balaban J connectivity index is 1.46. The van der Waals surface area contributed by atoms with Crippen molar-refractivity contribution in [2.75, 3.05) is 32.7 Å². The highest BCUT2D eigenvalue weighted by Crippen LogP contribution is 2.09. The van der Waals surface area contributed by atoms with Gasteiger partial charge in [0.15, 0.2) is 0 Å². The second-order valence-electron chi connectivity index (χ2n) is 6.04. The van der Waals surface area contributed by atoms with Gasteiger partial charge in [-0.25, -0.2) is 0 Å². The van der Waals surface area contributed by atoms with Crippen LogP contribution in [0.3, 0.4) is 0 Å². The number of nitrogens with zero attached hydrogens (tertiary/aromatic N) is 1. The van der Waals surface area contributed by atoms with Gasteiger partial charge in [-0.1, -0.05) is 30.7 Å². The standard InChI is InChI=1S/C18H30N2/c1-17-9-3-4-10-18(17)11-7-12-19-13-8-16-20-14-5-2-6-15-20/h3-4,9-10,19H,2,5-8,11-16H2,1H3. The van der Waals surface area contributed by atoms with Crippen LogP contribution in [0, 0.1) is 6.92 Å². The third kappa shape index (κ3) is 5.64. The lowest BCUT2D eigenvalue weighted by Crippen LogP contribution is -2.32. The van der Waals surface area contributed by atoms with E-state index in [4.69, 9.17) is 0 Å². The summed E-state index contributed by atoms with van der Waals surface area (Å²) in [5.41, 5.74) is 2.93. The Morgan fingerprint density at radius 2 is 1.75 bits per heavy atom. The van der Waals surface area contributed by atoms with Gasteiger partial charge in [0.2, 0.25) is 0 Å². The van der Waals surface area contributed by atoms with E-state index in [1.807, 2.05) is 0 Å². The number of rotatable bonds is 8. The van der Waals surface area contributed by atoms with E-state index in [1.54, 1.807) is 0 Å². The van der Waals surface area contributed by atoms with E-state index in [9.17, 15) is 0 Å². The third-order valence-corrected chi connectivity index (χ3v) is 4.34. The number of hydrogen-bond donors (Lipinski definition) is 1. The summed E-state index contributed by atoms with van der Waals surface area (Å²) in [6, 6.07) is 8.74. The summed E-state index contributed by atoms with van der Waals surface area (Å²) in [5.74, 6) is 0. The van der Waals surface area contributed by atoms with Gasteiger partial charge in [0.25, 0.3) is 0 Å². The summed E-state index contributed by atoms with van der Waals surface area (Å²) in [6.07, 6.45) is 7.99. The van der Waals surface area contributed by atoms with Gasteiger partial charge < -0.3 is 10.2 Å². The number of aryl methyl sites for hydroxylation is 2. The van der Waals surface area contributed by atoms with Crippen molar-refractivity contribution in [1.29, 1.82) is 0 Å². The van der Waals surface area contributed by atoms with Gasteiger partial charge in [0.05, 0.1) is 0 Å². The molecule has 2 nitrogen and oxygen atoms in total. The number of hydrogen-bond acceptors (Lipinski definition) is 2. The summed E-state index contributed by atoms with van der Waals surface area (Å²) < 4.78 is 0. The molecule has 0 bridgehead atoms. The van der Waals surface area contributed by atoms with Crippen molar-refractivity contribution in [1.82, 2.24) is 10.2 Å². The SMILES string of the molecule is Cc1ccccc1CCCNCCCN1CCCCC1. The van der Waals surface area contributed by atoms with Gasteiger partial charge in [-0.15, -0.1) is 0 Å². The molecule has 2 heteroatoms. The first-order valence-corrected chi connectivity index (χ1v) is 8.34. The van der Waals surface area contributed by atoms with Crippen molar-refractivity contribution < 1.29 is 0 Å². The molecule has 1 aliphatic rings. The van der Waals surface area contributed by atoms with E-state index in [1.165, 1.54) is 75.8 Å². The molecule has 1 saturated heterocycles. The third-order valence-electron chi connectivity index (χ3n) is 4.34. The van der Waals surface area contributed by atoms with Crippen LogP contribution in [0.15, 0.2) is 24.3 Å². The average molecular weight is 274 g/mol. The van der Waals surface area contributed by atoms with Gasteiger partial charge in [0, 0.05) is 0 Å². The predicted octanol–water partition coefficient (Wildman–Crippen LogP) is 3.39. The van der Waals surface area contributed by atoms with Crippen LogP contribution >= 0.6 is 0 Å². The van der Waals surface area contributed by atoms with Crippen molar-refractivity contribution >= 4 is 0 Å². The minimum Gasteiger partial charge on any atom is -0.317 e. The molecule has 1 aliphatic heterocycles. The smallest absolute Gasteiger partial charge is 0.000664 e. The van der Waals surface area contributed by atoms with Crippen LogP contribution in [0.1, 0.15) is 43.2 Å². The zero-order chi connectivity index (χ0) is 14.0. The van der Waals surface area contributed by atoms with Crippen LogP contribution in [0.5, 0.6) is 0 Å². The highest BCUT2D eigenvalue weighted by atomic mass is 15.1. The van der Waals surface area contributed by atoms with Gasteiger partial charge in [-0.3, -0.25) is 0 Å². The Labute approximate surface area is 124 Å². The Bertz CT molecular complexity index is 369. The molecule has 0 atom stereocenters. The highest BCUT2D eigenvalue weighted by Gasteiger charge is 2.08. The zero-order valence-corrected chi connectivity index (χ0v) is 13.0. The second-order valence-corrected chi connectivity index (χ2v) is 6.04. The largest absolute Gasteiger partial charge is 0.317 e. The molecule has 1 N–H and O–H groups in total. The maximum Gasteiger partial charge on any atom is -0.000664 e. The van der Waals surface area contributed by atoms with E-state index in [0.29, 0.717) is 0 Å². The van der Waals surface area contributed by atoms with Crippen LogP contribution in [0.4, 0.5) is 0 Å². The first-order chi connectivity index (χ1) is 9.86. The number of likely N-dealkylation sites (tertiary alicyclic amines) is 1. The molecule has 20 heavy (non-hydrogen) atoms. The highest BCUT2D eigenvalue weighted by molar-refractivity contribution is 5.25. The average Bonchev–Trinajstić information content (AvgIpc) is 2.49. The maximum atomic E-state index is 3.59. The minimum absolute atomic E-state index is 1.15. The van der Waals surface area contributed by atoms with E-state index in [0.717, 1.165) is 6.54 Å². The summed E-state index contributed by atoms with van der Waals surface area (Å²) in [5, 5.41) is 3.59. The van der Waals surface area contributed by atoms with Crippen molar-refractivity contribution in [2.45, 2.75) is 45.4 Å². The van der Waals surface area contributed by atoms with Gasteiger partial charge in [-0.05, 0) is 82.9 Å². The zero-order valence-electron chi connectivity index (χ0n) is 13.0. The number of piperidine rings is 1. The molecule has 1 heterocycles.